The SMILES string of the molecule is Cc1cc(OCCCNC(C)(C)C)n(C)n1. The van der Waals surface area contributed by atoms with Crippen molar-refractivity contribution >= 4 is 0 Å². The number of rotatable bonds is 5. The van der Waals surface area contributed by atoms with E-state index < -0.39 is 0 Å². The van der Waals surface area contributed by atoms with Crippen molar-refractivity contribution in [2.45, 2.75) is 39.7 Å². The molecule has 92 valence electrons. The average Bonchev–Trinajstić information content (AvgIpc) is 2.42. The summed E-state index contributed by atoms with van der Waals surface area (Å²) in [6.07, 6.45) is 1.00. The first-order valence-corrected chi connectivity index (χ1v) is 5.77. The predicted octanol–water partition coefficient (Wildman–Crippen LogP) is 1.89. The Bertz CT molecular complexity index is 325. The Morgan fingerprint density at radius 1 is 1.44 bits per heavy atom. The molecule has 4 nitrogen and oxygen atoms in total. The lowest BCUT2D eigenvalue weighted by Crippen LogP contribution is -2.36. The highest BCUT2D eigenvalue weighted by molar-refractivity contribution is 5.14. The molecule has 0 spiro atoms. The lowest BCUT2D eigenvalue weighted by Gasteiger charge is -2.20. The van der Waals surface area contributed by atoms with E-state index >= 15 is 0 Å². The molecule has 0 saturated carbocycles. The monoisotopic (exact) mass is 225 g/mol. The van der Waals surface area contributed by atoms with Crippen molar-refractivity contribution in [3.8, 4) is 5.88 Å². The van der Waals surface area contributed by atoms with Crippen molar-refractivity contribution in [2.75, 3.05) is 13.2 Å². The zero-order valence-electron chi connectivity index (χ0n) is 11.0. The van der Waals surface area contributed by atoms with E-state index in [2.05, 4.69) is 31.2 Å². The van der Waals surface area contributed by atoms with Gasteiger partial charge in [0, 0.05) is 18.7 Å². The molecule has 0 atom stereocenters. The van der Waals surface area contributed by atoms with Crippen LogP contribution >= 0.6 is 0 Å². The van der Waals surface area contributed by atoms with Gasteiger partial charge in [-0.1, -0.05) is 0 Å². The second-order valence-corrected chi connectivity index (χ2v) is 5.13. The van der Waals surface area contributed by atoms with Crippen LogP contribution in [0, 0.1) is 6.92 Å². The summed E-state index contributed by atoms with van der Waals surface area (Å²) in [6, 6.07) is 1.96. The lowest BCUT2D eigenvalue weighted by molar-refractivity contribution is 0.276. The first-order chi connectivity index (χ1) is 7.38. The number of nitrogens with one attached hydrogen (secondary N) is 1. The van der Waals surface area contributed by atoms with Crippen LogP contribution in [0.5, 0.6) is 5.88 Å². The standard InChI is InChI=1S/C12H23N3O/c1-10-9-11(15(5)14-10)16-8-6-7-13-12(2,3)4/h9,13H,6-8H2,1-5H3. The van der Waals surface area contributed by atoms with Gasteiger partial charge in [0.05, 0.1) is 12.3 Å². The molecule has 1 heterocycles. The highest BCUT2D eigenvalue weighted by atomic mass is 16.5. The fourth-order valence-corrected chi connectivity index (χ4v) is 1.43. The number of nitrogens with zero attached hydrogens (tertiary/aromatic N) is 2. The van der Waals surface area contributed by atoms with Crippen LogP contribution in [0.2, 0.25) is 0 Å². The topological polar surface area (TPSA) is 39.1 Å². The molecule has 0 fully saturated rings. The molecule has 4 heteroatoms. The summed E-state index contributed by atoms with van der Waals surface area (Å²) in [4.78, 5) is 0. The molecular formula is C12H23N3O. The zero-order chi connectivity index (χ0) is 12.2. The minimum atomic E-state index is 0.184. The van der Waals surface area contributed by atoms with Gasteiger partial charge in [0.2, 0.25) is 5.88 Å². The Hall–Kier alpha value is -1.03. The van der Waals surface area contributed by atoms with E-state index in [9.17, 15) is 0 Å². The maximum Gasteiger partial charge on any atom is 0.211 e. The van der Waals surface area contributed by atoms with Gasteiger partial charge in [0.1, 0.15) is 0 Å². The van der Waals surface area contributed by atoms with E-state index in [-0.39, 0.29) is 5.54 Å². The average molecular weight is 225 g/mol. The van der Waals surface area contributed by atoms with Crippen LogP contribution < -0.4 is 10.1 Å². The van der Waals surface area contributed by atoms with Crippen molar-refractivity contribution in [3.05, 3.63) is 11.8 Å². The van der Waals surface area contributed by atoms with Crippen LogP contribution in [0.1, 0.15) is 32.9 Å². The molecule has 0 bridgehead atoms. The Kier molecular flexibility index (Phi) is 4.35. The molecule has 0 saturated heterocycles. The van der Waals surface area contributed by atoms with Gasteiger partial charge < -0.3 is 10.1 Å². The second-order valence-electron chi connectivity index (χ2n) is 5.13. The third-order valence-electron chi connectivity index (χ3n) is 2.19. The van der Waals surface area contributed by atoms with Gasteiger partial charge in [-0.05, 0) is 40.7 Å². The van der Waals surface area contributed by atoms with Crippen LogP contribution in [0.3, 0.4) is 0 Å². The molecule has 0 aliphatic rings. The van der Waals surface area contributed by atoms with Crippen LogP contribution in [-0.4, -0.2) is 28.5 Å². The summed E-state index contributed by atoms with van der Waals surface area (Å²) in [5.74, 6) is 0.841. The Labute approximate surface area is 98.0 Å². The van der Waals surface area contributed by atoms with Gasteiger partial charge in [-0.15, -0.1) is 0 Å². The summed E-state index contributed by atoms with van der Waals surface area (Å²) < 4.78 is 7.40. The minimum Gasteiger partial charge on any atom is -0.478 e. The summed E-state index contributed by atoms with van der Waals surface area (Å²) in [5, 5.41) is 7.65. The van der Waals surface area contributed by atoms with E-state index in [4.69, 9.17) is 4.74 Å². The summed E-state index contributed by atoms with van der Waals surface area (Å²) in [7, 11) is 1.90. The van der Waals surface area contributed by atoms with Crippen molar-refractivity contribution in [1.82, 2.24) is 15.1 Å². The molecule has 0 unspecified atom stereocenters. The van der Waals surface area contributed by atoms with Crippen molar-refractivity contribution in [1.29, 1.82) is 0 Å². The molecule has 1 aromatic heterocycles. The first kappa shape index (κ1) is 13.0. The maximum absolute atomic E-state index is 5.63. The van der Waals surface area contributed by atoms with Crippen LogP contribution in [0.25, 0.3) is 0 Å². The van der Waals surface area contributed by atoms with Gasteiger partial charge in [-0.3, -0.25) is 0 Å². The van der Waals surface area contributed by atoms with Gasteiger partial charge >= 0.3 is 0 Å². The third kappa shape index (κ3) is 4.66. The quantitative estimate of drug-likeness (QED) is 0.778. The molecule has 1 rings (SSSR count). The molecule has 0 amide bonds. The molecule has 16 heavy (non-hydrogen) atoms. The minimum absolute atomic E-state index is 0.184. The molecule has 0 radical (unpaired) electrons. The number of aryl methyl sites for hydroxylation is 2. The summed E-state index contributed by atoms with van der Waals surface area (Å²) in [6.45, 7) is 10.2. The van der Waals surface area contributed by atoms with Crippen LogP contribution in [0.15, 0.2) is 6.07 Å². The van der Waals surface area contributed by atoms with Gasteiger partial charge in [-0.2, -0.15) is 5.10 Å². The zero-order valence-corrected chi connectivity index (χ0v) is 11.0. The molecular weight excluding hydrogens is 202 g/mol. The lowest BCUT2D eigenvalue weighted by atomic mass is 10.1. The molecule has 0 aliphatic heterocycles. The fraction of sp³-hybridized carbons (Fsp3) is 0.750. The Balaban J connectivity index is 2.19. The van der Waals surface area contributed by atoms with E-state index in [1.54, 1.807) is 4.68 Å². The van der Waals surface area contributed by atoms with Crippen LogP contribution in [-0.2, 0) is 7.05 Å². The van der Waals surface area contributed by atoms with Crippen molar-refractivity contribution < 1.29 is 4.74 Å². The third-order valence-corrected chi connectivity index (χ3v) is 2.19. The number of hydrogen-bond donors (Lipinski definition) is 1. The van der Waals surface area contributed by atoms with E-state index in [0.717, 1.165) is 31.1 Å². The summed E-state index contributed by atoms with van der Waals surface area (Å²) in [5.41, 5.74) is 1.17. The van der Waals surface area contributed by atoms with Gasteiger partial charge in [0.15, 0.2) is 0 Å². The Morgan fingerprint density at radius 2 is 2.12 bits per heavy atom. The van der Waals surface area contributed by atoms with Crippen LogP contribution in [0.4, 0.5) is 0 Å². The predicted molar refractivity (Wildman–Crippen MR) is 65.8 cm³/mol. The summed E-state index contributed by atoms with van der Waals surface area (Å²) >= 11 is 0. The highest BCUT2D eigenvalue weighted by Gasteiger charge is 2.07. The molecule has 1 N–H and O–H groups in total. The largest absolute Gasteiger partial charge is 0.478 e. The number of ether oxygens (including phenoxy) is 1. The molecule has 0 aliphatic carbocycles. The fourth-order valence-electron chi connectivity index (χ4n) is 1.43. The second kappa shape index (κ2) is 5.34. The van der Waals surface area contributed by atoms with E-state index in [0.29, 0.717) is 0 Å². The maximum atomic E-state index is 5.63. The first-order valence-electron chi connectivity index (χ1n) is 5.77. The van der Waals surface area contributed by atoms with E-state index in [1.165, 1.54) is 0 Å². The molecule has 1 aromatic rings. The highest BCUT2D eigenvalue weighted by Crippen LogP contribution is 2.10. The Morgan fingerprint density at radius 3 is 2.62 bits per heavy atom. The molecule has 0 aromatic carbocycles. The number of aromatic nitrogens is 2. The smallest absolute Gasteiger partial charge is 0.211 e. The van der Waals surface area contributed by atoms with Crippen molar-refractivity contribution in [3.63, 3.8) is 0 Å². The van der Waals surface area contributed by atoms with Gasteiger partial charge in [0.25, 0.3) is 0 Å². The normalized spacial score (nSPS) is 11.8. The van der Waals surface area contributed by atoms with Crippen molar-refractivity contribution in [2.24, 2.45) is 7.05 Å². The number of hydrogen-bond acceptors (Lipinski definition) is 3. The van der Waals surface area contributed by atoms with Gasteiger partial charge in [-0.25, -0.2) is 4.68 Å². The van der Waals surface area contributed by atoms with E-state index in [1.807, 2.05) is 20.0 Å².